The van der Waals surface area contributed by atoms with Crippen LogP contribution >= 0.6 is 48.2 Å². The Morgan fingerprint density at radius 3 is 2.83 bits per heavy atom. The molecule has 1 fully saturated rings. The quantitative estimate of drug-likeness (QED) is 0.558. The third-order valence-electron chi connectivity index (χ3n) is 3.48. The summed E-state index contributed by atoms with van der Waals surface area (Å²) in [6.07, 6.45) is 3.48. The van der Waals surface area contributed by atoms with E-state index in [-0.39, 0.29) is 41.8 Å². The molecular formula is C13H14Cl3N3O3S. The summed E-state index contributed by atoms with van der Waals surface area (Å²) in [5.41, 5.74) is 6.24. The van der Waals surface area contributed by atoms with Crippen LogP contribution in [0.4, 0.5) is 0 Å². The van der Waals surface area contributed by atoms with E-state index < -0.39 is 12.0 Å². The summed E-state index contributed by atoms with van der Waals surface area (Å²) >= 11 is 7.38. The van der Waals surface area contributed by atoms with Crippen molar-refractivity contribution in [2.24, 2.45) is 5.73 Å². The number of carbonyl (C=O) groups is 2. The molecule has 0 radical (unpaired) electrons. The highest BCUT2D eigenvalue weighted by atomic mass is 35.5. The van der Waals surface area contributed by atoms with Crippen molar-refractivity contribution in [3.05, 3.63) is 40.8 Å². The second-order valence-corrected chi connectivity index (χ2v) is 6.41. The number of carboxylic acid groups (broad SMARTS) is 1. The first-order chi connectivity index (χ1) is 9.99. The van der Waals surface area contributed by atoms with Gasteiger partial charge >= 0.3 is 0 Å². The standard InChI is InChI=1S/C13H12ClN3O3S.2ClH/c14-8-2-1-3-16(5-8)4-7-6-21-12-9(15)11(18)17(12)10(7)13(19)20;;/h1-3,5,9,12H,4,6,15H2;2*1H/t9?,12-;;/m0../s1. The lowest BCUT2D eigenvalue weighted by atomic mass is 10.0. The Bertz CT molecular complexity index is 671. The van der Waals surface area contributed by atoms with Crippen molar-refractivity contribution in [1.29, 1.82) is 0 Å². The van der Waals surface area contributed by atoms with Crippen LogP contribution in [0.3, 0.4) is 0 Å². The fourth-order valence-electron chi connectivity index (χ4n) is 2.50. The Morgan fingerprint density at radius 2 is 2.22 bits per heavy atom. The van der Waals surface area contributed by atoms with Crippen molar-refractivity contribution in [2.75, 3.05) is 5.75 Å². The summed E-state index contributed by atoms with van der Waals surface area (Å²) in [5, 5.41) is 11.7. The van der Waals surface area contributed by atoms with Crippen LogP contribution in [-0.4, -0.2) is 33.9 Å². The van der Waals surface area contributed by atoms with Gasteiger partial charge < -0.3 is 15.6 Å². The van der Waals surface area contributed by atoms with Crippen LogP contribution in [-0.2, 0) is 16.1 Å². The number of nitrogens with two attached hydrogens (primary N) is 1. The predicted octanol–water partition coefficient (Wildman–Crippen LogP) is -0.282. The lowest BCUT2D eigenvalue weighted by molar-refractivity contribution is -0.689. The fraction of sp³-hybridized carbons (Fsp3) is 0.308. The van der Waals surface area contributed by atoms with E-state index in [1.165, 1.54) is 16.7 Å². The molecule has 10 heteroatoms. The molecule has 3 heterocycles. The fourth-order valence-corrected chi connectivity index (χ4v) is 3.98. The molecule has 2 aliphatic heterocycles. The summed E-state index contributed by atoms with van der Waals surface area (Å²) in [5.74, 6) is -1.23. The molecule has 2 N–H and O–H groups in total. The summed E-state index contributed by atoms with van der Waals surface area (Å²) in [6.45, 7) is 0.336. The Morgan fingerprint density at radius 1 is 1.52 bits per heavy atom. The number of carboxylic acids is 1. The van der Waals surface area contributed by atoms with E-state index in [9.17, 15) is 14.7 Å². The van der Waals surface area contributed by atoms with E-state index in [4.69, 9.17) is 17.3 Å². The number of aromatic nitrogens is 1. The van der Waals surface area contributed by atoms with Crippen LogP contribution < -0.4 is 15.4 Å². The van der Waals surface area contributed by atoms with Gasteiger partial charge in [0.05, 0.1) is 11.7 Å². The lowest BCUT2D eigenvalue weighted by Gasteiger charge is -2.49. The molecule has 1 amide bonds. The van der Waals surface area contributed by atoms with Crippen LogP contribution in [0.2, 0.25) is 5.02 Å². The Hall–Kier alpha value is -0.990. The Balaban J connectivity index is 0.00000132. The second-order valence-electron chi connectivity index (χ2n) is 4.87. The van der Waals surface area contributed by atoms with E-state index in [1.807, 2.05) is 0 Å². The molecule has 2 aliphatic rings. The van der Waals surface area contributed by atoms with E-state index in [0.717, 1.165) is 0 Å². The molecule has 1 aromatic rings. The molecule has 0 aromatic carbocycles. The number of amides is 1. The highest BCUT2D eigenvalue weighted by molar-refractivity contribution is 8.00. The molecule has 1 unspecified atom stereocenters. The van der Waals surface area contributed by atoms with Crippen molar-refractivity contribution in [3.63, 3.8) is 0 Å². The number of rotatable bonds is 3. The number of hydrogen-bond acceptors (Lipinski definition) is 5. The Labute approximate surface area is 154 Å². The third-order valence-corrected chi connectivity index (χ3v) is 5.06. The normalized spacial score (nSPS) is 22.5. The number of pyridine rings is 1. The highest BCUT2D eigenvalue weighted by Crippen LogP contribution is 2.39. The zero-order valence-electron chi connectivity index (χ0n) is 11.7. The molecule has 1 saturated heterocycles. The van der Waals surface area contributed by atoms with Gasteiger partial charge in [-0.05, 0) is 6.07 Å². The first kappa shape index (κ1) is 20.1. The second kappa shape index (κ2) is 7.72. The van der Waals surface area contributed by atoms with Gasteiger partial charge in [-0.1, -0.05) is 11.6 Å². The zero-order valence-corrected chi connectivity index (χ0v) is 14.9. The van der Waals surface area contributed by atoms with E-state index in [0.29, 0.717) is 22.9 Å². The van der Waals surface area contributed by atoms with Gasteiger partial charge in [0.2, 0.25) is 5.91 Å². The predicted molar refractivity (Wildman–Crippen MR) is 89.2 cm³/mol. The number of halogens is 3. The Kier molecular flexibility index (Phi) is 6.73. The summed E-state index contributed by atoms with van der Waals surface area (Å²) in [6, 6.07) is 2.87. The first-order valence-corrected chi connectivity index (χ1v) is 7.70. The number of aliphatic carboxylic acids is 1. The minimum atomic E-state index is -1.35. The van der Waals surface area contributed by atoms with Gasteiger partial charge in [-0.25, -0.2) is 0 Å². The van der Waals surface area contributed by atoms with Gasteiger partial charge in [0, 0.05) is 17.4 Å². The molecule has 0 bridgehead atoms. The number of fused-ring (bicyclic) bond motifs is 1. The maximum absolute atomic E-state index is 11.8. The zero-order chi connectivity index (χ0) is 15.1. The molecule has 2 atom stereocenters. The summed E-state index contributed by atoms with van der Waals surface area (Å²) < 4.78 is 1.77. The van der Waals surface area contributed by atoms with Crippen LogP contribution in [0.5, 0.6) is 0 Å². The van der Waals surface area contributed by atoms with Crippen LogP contribution in [0.1, 0.15) is 0 Å². The summed E-state index contributed by atoms with van der Waals surface area (Å²) in [7, 11) is 0. The molecule has 1 aromatic heterocycles. The molecule has 0 spiro atoms. The molecule has 0 aliphatic carbocycles. The molecule has 6 nitrogen and oxygen atoms in total. The third kappa shape index (κ3) is 3.59. The largest absolute Gasteiger partial charge is 0.543 e. The van der Waals surface area contributed by atoms with Gasteiger partial charge in [0.25, 0.3) is 0 Å². The van der Waals surface area contributed by atoms with Crippen molar-refractivity contribution in [3.8, 4) is 0 Å². The van der Waals surface area contributed by atoms with Crippen molar-refractivity contribution < 1.29 is 19.3 Å². The minimum Gasteiger partial charge on any atom is -0.543 e. The van der Waals surface area contributed by atoms with Gasteiger partial charge in [-0.3, -0.25) is 9.69 Å². The molecule has 23 heavy (non-hydrogen) atoms. The monoisotopic (exact) mass is 397 g/mol. The van der Waals surface area contributed by atoms with E-state index in [2.05, 4.69) is 0 Å². The van der Waals surface area contributed by atoms with Crippen LogP contribution in [0, 0.1) is 0 Å². The molecule has 0 saturated carbocycles. The van der Waals surface area contributed by atoms with E-state index in [1.54, 1.807) is 29.1 Å². The number of carbonyl (C=O) groups excluding carboxylic acids is 2. The average Bonchev–Trinajstić information content (AvgIpc) is 2.45. The molecule has 3 rings (SSSR count). The maximum Gasteiger partial charge on any atom is 0.248 e. The number of thioether (sulfide) groups is 1. The lowest BCUT2D eigenvalue weighted by Crippen LogP contribution is -2.69. The number of hydrogen-bond donors (Lipinski definition) is 1. The van der Waals surface area contributed by atoms with Crippen LogP contribution in [0.15, 0.2) is 35.8 Å². The first-order valence-electron chi connectivity index (χ1n) is 6.27. The van der Waals surface area contributed by atoms with Gasteiger partial charge in [-0.2, -0.15) is 4.57 Å². The maximum atomic E-state index is 11.8. The van der Waals surface area contributed by atoms with Crippen molar-refractivity contribution in [1.82, 2.24) is 4.90 Å². The minimum absolute atomic E-state index is 0. The average molecular weight is 399 g/mol. The van der Waals surface area contributed by atoms with Crippen molar-refractivity contribution in [2.45, 2.75) is 18.0 Å². The number of β-lactam (4-membered cyclic amide) rings is 1. The SMILES string of the molecule is Cl.Cl.NC1C(=O)N2C(C(=O)[O-])=C(C[n+]3cccc(Cl)c3)CS[C@@H]12. The van der Waals surface area contributed by atoms with E-state index >= 15 is 0 Å². The smallest absolute Gasteiger partial charge is 0.248 e. The highest BCUT2D eigenvalue weighted by Gasteiger charge is 2.50. The van der Waals surface area contributed by atoms with Crippen LogP contribution in [0.25, 0.3) is 0 Å². The van der Waals surface area contributed by atoms with Crippen molar-refractivity contribution >= 4 is 60.1 Å². The molecule has 126 valence electrons. The van der Waals surface area contributed by atoms with Gasteiger partial charge in [-0.15, -0.1) is 36.6 Å². The van der Waals surface area contributed by atoms with Gasteiger partial charge in [0.1, 0.15) is 16.4 Å². The topological polar surface area (TPSA) is 90.3 Å². The number of nitrogens with zero attached hydrogens (tertiary/aromatic N) is 2. The molecular weight excluding hydrogens is 385 g/mol. The van der Waals surface area contributed by atoms with Gasteiger partial charge in [0.15, 0.2) is 18.9 Å². The summed E-state index contributed by atoms with van der Waals surface area (Å²) in [4.78, 5) is 24.4.